The molecule has 3 N–H and O–H groups in total. The van der Waals surface area contributed by atoms with Crippen molar-refractivity contribution in [3.8, 4) is 0 Å². The number of nitrogens with one attached hydrogen (secondary N) is 1. The highest BCUT2D eigenvalue weighted by molar-refractivity contribution is 7.88. The Bertz CT molecular complexity index is 656. The average Bonchev–Trinajstić information content (AvgIpc) is 2.34. The quantitative estimate of drug-likeness (QED) is 0.670. The highest BCUT2D eigenvalue weighted by Gasteiger charge is 2.35. The molecule has 0 unspecified atom stereocenters. The van der Waals surface area contributed by atoms with E-state index in [9.17, 15) is 18.0 Å². The number of hydrogen-bond acceptors (Lipinski definition) is 7. The lowest BCUT2D eigenvalue weighted by Gasteiger charge is -2.39. The van der Waals surface area contributed by atoms with Gasteiger partial charge in [0.2, 0.25) is 10.0 Å². The Hall–Kier alpha value is -1.59. The first kappa shape index (κ1) is 24.4. The maximum atomic E-state index is 11.5. The third-order valence-electron chi connectivity index (χ3n) is 3.48. The second-order valence-electron chi connectivity index (χ2n) is 9.12. The van der Waals surface area contributed by atoms with Gasteiger partial charge in [0.1, 0.15) is 11.2 Å². The molecule has 2 amide bonds. The van der Waals surface area contributed by atoms with Gasteiger partial charge < -0.3 is 25.0 Å². The summed E-state index contributed by atoms with van der Waals surface area (Å²) in [6, 6.07) is -0.0555. The van der Waals surface area contributed by atoms with Gasteiger partial charge in [0.15, 0.2) is 0 Å². The van der Waals surface area contributed by atoms with E-state index in [1.807, 2.05) is 20.8 Å². The molecule has 0 saturated carbocycles. The summed E-state index contributed by atoms with van der Waals surface area (Å²) in [6.45, 7) is 12.9. The molecule has 28 heavy (non-hydrogen) atoms. The average molecular weight is 423 g/mol. The molecule has 0 aromatic heterocycles. The van der Waals surface area contributed by atoms with Crippen molar-refractivity contribution in [1.82, 2.24) is 14.5 Å². The maximum Gasteiger partial charge on any atom is 0.410 e. The Morgan fingerprint density at radius 2 is 1.25 bits per heavy atom. The zero-order chi connectivity index (χ0) is 21.9. The van der Waals surface area contributed by atoms with Gasteiger partial charge in [0, 0.05) is 32.2 Å². The van der Waals surface area contributed by atoms with Gasteiger partial charge in [-0.15, -0.1) is 0 Å². The summed E-state index contributed by atoms with van der Waals surface area (Å²) >= 11 is 0. The Balaban J connectivity index is 0.000000292. The Kier molecular flexibility index (Phi) is 7.71. The molecule has 11 heteroatoms. The molecule has 0 aromatic carbocycles. The van der Waals surface area contributed by atoms with Gasteiger partial charge in [-0.2, -0.15) is 0 Å². The van der Waals surface area contributed by atoms with E-state index >= 15 is 0 Å². The zero-order valence-electron chi connectivity index (χ0n) is 17.8. The van der Waals surface area contributed by atoms with Gasteiger partial charge in [0.05, 0.1) is 12.3 Å². The fourth-order valence-electron chi connectivity index (χ4n) is 2.32. The highest BCUT2D eigenvalue weighted by Crippen LogP contribution is 2.15. The molecule has 0 aliphatic carbocycles. The third kappa shape index (κ3) is 9.56. The molecule has 0 radical (unpaired) electrons. The third-order valence-corrected chi connectivity index (χ3v) is 4.24. The van der Waals surface area contributed by atoms with Crippen LogP contribution in [0.3, 0.4) is 0 Å². The van der Waals surface area contributed by atoms with Crippen molar-refractivity contribution in [1.29, 1.82) is 0 Å². The van der Waals surface area contributed by atoms with Crippen molar-refractivity contribution < 1.29 is 27.5 Å². The number of hydrogen-bond donors (Lipinski definition) is 2. The van der Waals surface area contributed by atoms with Gasteiger partial charge in [0.25, 0.3) is 0 Å². The fraction of sp³-hybridized carbons (Fsp3) is 0.882. The van der Waals surface area contributed by atoms with Crippen LogP contribution in [0.4, 0.5) is 9.59 Å². The molecule has 2 rings (SSSR count). The number of ether oxygens (including phenoxy) is 2. The first-order chi connectivity index (χ1) is 12.5. The molecule has 0 aromatic rings. The Labute approximate surface area is 167 Å². The molecule has 0 bridgehead atoms. The minimum Gasteiger partial charge on any atom is -0.444 e. The van der Waals surface area contributed by atoms with E-state index in [4.69, 9.17) is 15.2 Å². The fourth-order valence-corrected chi connectivity index (χ4v) is 3.07. The van der Waals surface area contributed by atoms with Crippen molar-refractivity contribution >= 4 is 22.2 Å². The van der Waals surface area contributed by atoms with Crippen LogP contribution in [-0.2, 0) is 19.5 Å². The second kappa shape index (κ2) is 8.83. The van der Waals surface area contributed by atoms with E-state index < -0.39 is 27.3 Å². The van der Waals surface area contributed by atoms with Gasteiger partial charge in [-0.25, -0.2) is 22.7 Å². The van der Waals surface area contributed by atoms with E-state index in [0.717, 1.165) is 6.26 Å². The van der Waals surface area contributed by atoms with Crippen LogP contribution in [0.1, 0.15) is 41.5 Å². The number of carbonyl (C=O) groups excluding carboxylic acids is 2. The van der Waals surface area contributed by atoms with E-state index in [2.05, 4.69) is 4.72 Å². The van der Waals surface area contributed by atoms with Crippen molar-refractivity contribution in [2.24, 2.45) is 5.73 Å². The number of nitrogens with two attached hydrogens (primary N) is 1. The highest BCUT2D eigenvalue weighted by atomic mass is 32.2. The predicted octanol–water partition coefficient (Wildman–Crippen LogP) is 0.719. The zero-order valence-corrected chi connectivity index (χ0v) is 18.6. The number of carbonyl (C=O) groups is 2. The number of sulfonamides is 1. The lowest BCUT2D eigenvalue weighted by atomic mass is 10.1. The molecule has 2 aliphatic rings. The lowest BCUT2D eigenvalue weighted by Crippen LogP contribution is -2.61. The van der Waals surface area contributed by atoms with Crippen LogP contribution in [0.15, 0.2) is 0 Å². The molecule has 2 aliphatic heterocycles. The minimum absolute atomic E-state index is 0.137. The molecule has 0 spiro atoms. The van der Waals surface area contributed by atoms with Crippen LogP contribution in [0, 0.1) is 0 Å². The van der Waals surface area contributed by atoms with Crippen LogP contribution >= 0.6 is 0 Å². The number of rotatable bonds is 2. The van der Waals surface area contributed by atoms with Crippen LogP contribution in [0.25, 0.3) is 0 Å². The summed E-state index contributed by atoms with van der Waals surface area (Å²) in [4.78, 5) is 25.8. The van der Waals surface area contributed by atoms with Crippen molar-refractivity contribution in [3.63, 3.8) is 0 Å². The largest absolute Gasteiger partial charge is 0.444 e. The maximum absolute atomic E-state index is 11.5. The standard InChI is InChI=1S/C9H18N2O4S.C8H16N2O2/c1-9(2,3)15-8(12)11-5-7(6-11)10-16(4,13)14;1-8(2,3)12-7(11)10-4-6(9)5-10/h7,10H,5-6H2,1-4H3;6H,4-5,9H2,1-3H3. The molecular weight excluding hydrogens is 388 g/mol. The molecule has 10 nitrogen and oxygen atoms in total. The topological polar surface area (TPSA) is 131 Å². The van der Waals surface area contributed by atoms with Crippen molar-refractivity contribution in [2.75, 3.05) is 32.4 Å². The normalized spacial score (nSPS) is 18.4. The van der Waals surface area contributed by atoms with Crippen LogP contribution in [0.2, 0.25) is 0 Å². The second-order valence-corrected chi connectivity index (χ2v) is 10.9. The van der Waals surface area contributed by atoms with Gasteiger partial charge in [-0.1, -0.05) is 0 Å². The van der Waals surface area contributed by atoms with Crippen LogP contribution in [0.5, 0.6) is 0 Å². The van der Waals surface area contributed by atoms with E-state index in [1.165, 1.54) is 4.90 Å². The van der Waals surface area contributed by atoms with Crippen molar-refractivity contribution in [3.05, 3.63) is 0 Å². The lowest BCUT2D eigenvalue weighted by molar-refractivity contribution is 0.00702. The number of likely N-dealkylation sites (tertiary alicyclic amines) is 2. The van der Waals surface area contributed by atoms with E-state index in [1.54, 1.807) is 25.7 Å². The summed E-state index contributed by atoms with van der Waals surface area (Å²) < 4.78 is 34.5. The van der Waals surface area contributed by atoms with Crippen molar-refractivity contribution in [2.45, 2.75) is 64.8 Å². The van der Waals surface area contributed by atoms with E-state index in [0.29, 0.717) is 26.2 Å². The monoisotopic (exact) mass is 422 g/mol. The Morgan fingerprint density at radius 3 is 1.54 bits per heavy atom. The molecular formula is C17H34N4O6S. The Morgan fingerprint density at radius 1 is 0.893 bits per heavy atom. The molecule has 2 fully saturated rings. The summed E-state index contributed by atoms with van der Waals surface area (Å²) in [5.74, 6) is 0. The number of amides is 2. The molecule has 0 atom stereocenters. The predicted molar refractivity (Wildman–Crippen MR) is 105 cm³/mol. The number of nitrogens with zero attached hydrogens (tertiary/aromatic N) is 2. The smallest absolute Gasteiger partial charge is 0.410 e. The van der Waals surface area contributed by atoms with Gasteiger partial charge in [-0.3, -0.25) is 0 Å². The van der Waals surface area contributed by atoms with Gasteiger partial charge in [-0.05, 0) is 41.5 Å². The first-order valence-electron chi connectivity index (χ1n) is 9.14. The summed E-state index contributed by atoms with van der Waals surface area (Å²) in [7, 11) is -3.20. The molecule has 2 heterocycles. The van der Waals surface area contributed by atoms with E-state index in [-0.39, 0.29) is 18.2 Å². The molecule has 2 saturated heterocycles. The summed E-state index contributed by atoms with van der Waals surface area (Å²) in [6.07, 6.45) is 0.437. The molecule has 164 valence electrons. The van der Waals surface area contributed by atoms with Gasteiger partial charge >= 0.3 is 12.2 Å². The summed E-state index contributed by atoms with van der Waals surface area (Å²) in [5, 5.41) is 0. The van der Waals surface area contributed by atoms with Crippen LogP contribution < -0.4 is 10.5 Å². The first-order valence-corrected chi connectivity index (χ1v) is 11.0. The van der Waals surface area contributed by atoms with Crippen LogP contribution in [-0.4, -0.2) is 86.1 Å². The summed E-state index contributed by atoms with van der Waals surface area (Å²) in [5.41, 5.74) is 4.59. The SMILES string of the molecule is CC(C)(C)OC(=O)N1CC(N)C1.CC(C)(C)OC(=O)N1CC(NS(C)(=O)=O)C1. The minimum atomic E-state index is -3.20.